The zero-order valence-corrected chi connectivity index (χ0v) is 18.1. The molecule has 1 fully saturated rings. The molecule has 0 unspecified atom stereocenters. The van der Waals surface area contributed by atoms with E-state index in [9.17, 15) is 13.2 Å². The monoisotopic (exact) mass is 420 g/mol. The van der Waals surface area contributed by atoms with Gasteiger partial charge in [0.05, 0.1) is 11.4 Å². The van der Waals surface area contributed by atoms with Gasteiger partial charge in [-0.25, -0.2) is 8.42 Å². The minimum absolute atomic E-state index is 0.0611. The van der Waals surface area contributed by atoms with Crippen molar-refractivity contribution in [3.05, 3.63) is 40.7 Å². The number of piperidine rings is 1. The summed E-state index contributed by atoms with van der Waals surface area (Å²) in [4.78, 5) is 12.5. The number of H-pyrrole nitrogens is 1. The Labute approximate surface area is 171 Å². The molecular weight excluding hydrogens is 392 g/mol. The highest BCUT2D eigenvalue weighted by molar-refractivity contribution is 7.89. The SMILES string of the molecule is Cc1ccc(OCC(=O)NC2CCN(S(=O)(=O)c3c(C)n[nH]c3C)CC2)cc1C. The van der Waals surface area contributed by atoms with Gasteiger partial charge < -0.3 is 10.1 Å². The predicted octanol–water partition coefficient (Wildman–Crippen LogP) is 1.99. The average Bonchev–Trinajstić information content (AvgIpc) is 3.02. The van der Waals surface area contributed by atoms with E-state index < -0.39 is 10.0 Å². The maximum Gasteiger partial charge on any atom is 0.258 e. The Morgan fingerprint density at radius 1 is 1.21 bits per heavy atom. The molecule has 8 nitrogen and oxygen atoms in total. The second kappa shape index (κ2) is 8.54. The number of aromatic nitrogens is 2. The minimum Gasteiger partial charge on any atom is -0.484 e. The molecule has 158 valence electrons. The van der Waals surface area contributed by atoms with E-state index in [1.165, 1.54) is 9.87 Å². The van der Waals surface area contributed by atoms with Crippen molar-refractivity contribution in [3.8, 4) is 5.75 Å². The summed E-state index contributed by atoms with van der Waals surface area (Å²) in [5.41, 5.74) is 3.30. The van der Waals surface area contributed by atoms with Crippen LogP contribution in [0.15, 0.2) is 23.1 Å². The number of nitrogens with one attached hydrogen (secondary N) is 2. The van der Waals surface area contributed by atoms with Crippen LogP contribution >= 0.6 is 0 Å². The number of amides is 1. The summed E-state index contributed by atoms with van der Waals surface area (Å²) in [6, 6.07) is 5.65. The smallest absolute Gasteiger partial charge is 0.258 e. The third-order valence-electron chi connectivity index (χ3n) is 5.33. The van der Waals surface area contributed by atoms with E-state index in [2.05, 4.69) is 15.5 Å². The molecule has 1 aromatic heterocycles. The van der Waals surface area contributed by atoms with Gasteiger partial charge in [-0.15, -0.1) is 0 Å². The zero-order valence-electron chi connectivity index (χ0n) is 17.3. The lowest BCUT2D eigenvalue weighted by atomic mass is 10.1. The van der Waals surface area contributed by atoms with Gasteiger partial charge in [-0.1, -0.05) is 6.07 Å². The summed E-state index contributed by atoms with van der Waals surface area (Å²) in [5.74, 6) is 0.459. The molecule has 0 saturated carbocycles. The number of ether oxygens (including phenoxy) is 1. The quantitative estimate of drug-likeness (QED) is 0.744. The number of aryl methyl sites for hydroxylation is 4. The van der Waals surface area contributed by atoms with Gasteiger partial charge in [0, 0.05) is 19.1 Å². The standard InChI is InChI=1S/C20H28N4O4S/c1-13-5-6-18(11-14(13)2)28-12-19(25)21-17-7-9-24(10-8-17)29(26,27)20-15(3)22-23-16(20)4/h5-6,11,17H,7-10,12H2,1-4H3,(H,21,25)(H,22,23). The molecule has 1 aliphatic heterocycles. The molecule has 0 radical (unpaired) electrons. The molecule has 1 saturated heterocycles. The normalized spacial score (nSPS) is 16.0. The van der Waals surface area contributed by atoms with Crippen LogP contribution < -0.4 is 10.1 Å². The van der Waals surface area contributed by atoms with Crippen LogP contribution in [-0.4, -0.2) is 54.6 Å². The lowest BCUT2D eigenvalue weighted by Gasteiger charge is -2.31. The maximum atomic E-state index is 12.9. The molecule has 2 heterocycles. The van der Waals surface area contributed by atoms with Crippen LogP contribution in [0.5, 0.6) is 5.75 Å². The second-order valence-corrected chi connectivity index (χ2v) is 9.42. The molecule has 0 bridgehead atoms. The van der Waals surface area contributed by atoms with E-state index in [0.717, 1.165) is 5.56 Å². The average molecular weight is 421 g/mol. The van der Waals surface area contributed by atoms with E-state index in [1.807, 2.05) is 32.0 Å². The molecule has 0 spiro atoms. The van der Waals surface area contributed by atoms with Gasteiger partial charge in [0.15, 0.2) is 6.61 Å². The number of sulfonamides is 1. The van der Waals surface area contributed by atoms with Crippen LogP contribution in [0.1, 0.15) is 35.4 Å². The fraction of sp³-hybridized carbons (Fsp3) is 0.500. The van der Waals surface area contributed by atoms with Gasteiger partial charge in [0.2, 0.25) is 10.0 Å². The van der Waals surface area contributed by atoms with Crippen LogP contribution in [0.25, 0.3) is 0 Å². The third-order valence-corrected chi connectivity index (χ3v) is 7.49. The molecule has 1 aliphatic rings. The van der Waals surface area contributed by atoms with Crippen LogP contribution in [0.2, 0.25) is 0 Å². The first-order chi connectivity index (χ1) is 13.7. The number of rotatable bonds is 6. The number of carbonyl (C=O) groups is 1. The summed E-state index contributed by atoms with van der Waals surface area (Å²) in [6.45, 7) is 8.05. The maximum absolute atomic E-state index is 12.9. The van der Waals surface area contributed by atoms with Crippen molar-refractivity contribution in [2.75, 3.05) is 19.7 Å². The van der Waals surface area contributed by atoms with Gasteiger partial charge in [0.25, 0.3) is 5.91 Å². The minimum atomic E-state index is -3.58. The number of benzene rings is 1. The first-order valence-corrected chi connectivity index (χ1v) is 11.1. The van der Waals surface area contributed by atoms with E-state index in [0.29, 0.717) is 43.1 Å². The van der Waals surface area contributed by atoms with Crippen molar-refractivity contribution in [1.82, 2.24) is 19.8 Å². The molecule has 3 rings (SSSR count). The van der Waals surface area contributed by atoms with Crippen molar-refractivity contribution >= 4 is 15.9 Å². The Bertz CT molecular complexity index is 972. The zero-order chi connectivity index (χ0) is 21.2. The highest BCUT2D eigenvalue weighted by Crippen LogP contribution is 2.24. The van der Waals surface area contributed by atoms with Crippen LogP contribution in [-0.2, 0) is 14.8 Å². The molecule has 1 amide bonds. The summed E-state index contributed by atoms with van der Waals surface area (Å²) in [5, 5.41) is 9.65. The van der Waals surface area contributed by atoms with Crippen molar-refractivity contribution in [2.45, 2.75) is 51.5 Å². The van der Waals surface area contributed by atoms with E-state index in [1.54, 1.807) is 13.8 Å². The highest BCUT2D eigenvalue weighted by atomic mass is 32.2. The molecule has 9 heteroatoms. The summed E-state index contributed by atoms with van der Waals surface area (Å²) >= 11 is 0. The molecule has 29 heavy (non-hydrogen) atoms. The van der Waals surface area contributed by atoms with Gasteiger partial charge in [-0.3, -0.25) is 9.89 Å². The van der Waals surface area contributed by atoms with Crippen LogP contribution in [0.4, 0.5) is 0 Å². The van der Waals surface area contributed by atoms with Crippen molar-refractivity contribution < 1.29 is 17.9 Å². The van der Waals surface area contributed by atoms with Gasteiger partial charge in [-0.05, 0) is 63.8 Å². The largest absolute Gasteiger partial charge is 0.484 e. The summed E-state index contributed by atoms with van der Waals surface area (Å²) < 4.78 is 32.8. The van der Waals surface area contributed by atoms with E-state index in [-0.39, 0.29) is 23.5 Å². The Hall–Kier alpha value is -2.39. The molecule has 2 aromatic rings. The fourth-order valence-electron chi connectivity index (χ4n) is 3.51. The van der Waals surface area contributed by atoms with E-state index >= 15 is 0 Å². The number of nitrogens with zero attached hydrogens (tertiary/aromatic N) is 2. The predicted molar refractivity (Wildman–Crippen MR) is 109 cm³/mol. The Morgan fingerprint density at radius 2 is 1.90 bits per heavy atom. The molecule has 0 atom stereocenters. The van der Waals surface area contributed by atoms with Crippen molar-refractivity contribution in [1.29, 1.82) is 0 Å². The second-order valence-electron chi connectivity index (χ2n) is 7.54. The van der Waals surface area contributed by atoms with Gasteiger partial charge in [0.1, 0.15) is 10.6 Å². The number of carbonyl (C=O) groups excluding carboxylic acids is 1. The fourth-order valence-corrected chi connectivity index (χ4v) is 5.31. The first-order valence-electron chi connectivity index (χ1n) is 9.69. The topological polar surface area (TPSA) is 104 Å². The molecular formula is C20H28N4O4S. The third kappa shape index (κ3) is 4.79. The molecule has 1 aromatic carbocycles. The first kappa shape index (κ1) is 21.3. The Balaban J connectivity index is 1.50. The number of hydrogen-bond donors (Lipinski definition) is 2. The van der Waals surface area contributed by atoms with Crippen molar-refractivity contribution in [2.24, 2.45) is 0 Å². The van der Waals surface area contributed by atoms with Crippen LogP contribution in [0, 0.1) is 27.7 Å². The Morgan fingerprint density at radius 3 is 2.48 bits per heavy atom. The summed E-state index contributed by atoms with van der Waals surface area (Å²) in [7, 11) is -3.58. The number of hydrogen-bond acceptors (Lipinski definition) is 5. The van der Waals surface area contributed by atoms with Crippen LogP contribution in [0.3, 0.4) is 0 Å². The molecule has 2 N–H and O–H groups in total. The molecule has 0 aliphatic carbocycles. The highest BCUT2D eigenvalue weighted by Gasteiger charge is 2.33. The van der Waals surface area contributed by atoms with Gasteiger partial charge >= 0.3 is 0 Å². The van der Waals surface area contributed by atoms with E-state index in [4.69, 9.17) is 4.74 Å². The lowest BCUT2D eigenvalue weighted by Crippen LogP contribution is -2.47. The number of aromatic amines is 1. The van der Waals surface area contributed by atoms with Gasteiger partial charge in [-0.2, -0.15) is 9.40 Å². The lowest BCUT2D eigenvalue weighted by molar-refractivity contribution is -0.124. The summed E-state index contributed by atoms with van der Waals surface area (Å²) in [6.07, 6.45) is 1.12. The Kier molecular flexibility index (Phi) is 6.28. The van der Waals surface area contributed by atoms with Crippen molar-refractivity contribution in [3.63, 3.8) is 0 Å².